The Balaban J connectivity index is 2.73. The molecule has 0 saturated heterocycles. The molecule has 0 radical (unpaired) electrons. The van der Waals surface area contributed by atoms with E-state index in [0.717, 1.165) is 44.7 Å². The molecule has 1 aromatic heterocycles. The maximum atomic E-state index is 12.5. The van der Waals surface area contributed by atoms with Crippen LogP contribution in [-0.2, 0) is 0 Å². The number of hydrogen-bond donors (Lipinski definition) is 0. The summed E-state index contributed by atoms with van der Waals surface area (Å²) in [6.45, 7) is 8.99. The molecule has 21 heavy (non-hydrogen) atoms. The van der Waals surface area contributed by atoms with Crippen molar-refractivity contribution in [3.8, 4) is 0 Å². The highest BCUT2D eigenvalue weighted by molar-refractivity contribution is 5.94. The second-order valence-electron chi connectivity index (χ2n) is 5.47. The summed E-state index contributed by atoms with van der Waals surface area (Å²) in [5.74, 6) is 1.02. The van der Waals surface area contributed by atoms with E-state index in [2.05, 4.69) is 30.7 Å². The van der Waals surface area contributed by atoms with Crippen LogP contribution < -0.4 is 4.90 Å². The fraction of sp³-hybridized carbons (Fsp3) is 0.647. The Hall–Kier alpha value is -1.58. The Bertz CT molecular complexity index is 411. The average molecular weight is 291 g/mol. The van der Waals surface area contributed by atoms with Gasteiger partial charge < -0.3 is 9.80 Å². The van der Waals surface area contributed by atoms with Crippen molar-refractivity contribution < 1.29 is 4.79 Å². The Kier molecular flexibility index (Phi) is 7.80. The predicted molar refractivity (Wildman–Crippen MR) is 88.9 cm³/mol. The SMILES string of the molecule is CCCCN(C)c1ccc(C(=O)N(CCC)CCC)cn1. The number of carbonyl (C=O) groups excluding carboxylic acids is 1. The van der Waals surface area contributed by atoms with Gasteiger partial charge in [-0.3, -0.25) is 4.79 Å². The normalized spacial score (nSPS) is 10.5. The number of unbranched alkanes of at least 4 members (excludes halogenated alkanes) is 1. The smallest absolute Gasteiger partial charge is 0.255 e. The Morgan fingerprint density at radius 2 is 1.71 bits per heavy atom. The molecule has 0 bridgehead atoms. The van der Waals surface area contributed by atoms with E-state index in [0.29, 0.717) is 5.56 Å². The third-order valence-corrected chi connectivity index (χ3v) is 3.51. The molecule has 0 aromatic carbocycles. The highest BCUT2D eigenvalue weighted by atomic mass is 16.2. The van der Waals surface area contributed by atoms with Crippen molar-refractivity contribution in [2.24, 2.45) is 0 Å². The van der Waals surface area contributed by atoms with Gasteiger partial charge in [-0.2, -0.15) is 0 Å². The van der Waals surface area contributed by atoms with E-state index in [1.165, 1.54) is 6.42 Å². The maximum Gasteiger partial charge on any atom is 0.255 e. The first-order valence-corrected chi connectivity index (χ1v) is 8.10. The number of rotatable bonds is 9. The standard InChI is InChI=1S/C17H29N3O/c1-5-8-13-19(4)16-10-9-15(14-18-16)17(21)20(11-6-2)12-7-3/h9-10,14H,5-8,11-13H2,1-4H3. The van der Waals surface area contributed by atoms with Crippen molar-refractivity contribution in [3.63, 3.8) is 0 Å². The Morgan fingerprint density at radius 1 is 1.05 bits per heavy atom. The molecule has 4 heteroatoms. The molecule has 0 aliphatic carbocycles. The molecular formula is C17H29N3O. The highest BCUT2D eigenvalue weighted by Crippen LogP contribution is 2.12. The van der Waals surface area contributed by atoms with Crippen molar-refractivity contribution in [1.29, 1.82) is 0 Å². The molecule has 1 amide bonds. The van der Waals surface area contributed by atoms with Crippen molar-refractivity contribution in [2.75, 3.05) is 31.6 Å². The van der Waals surface area contributed by atoms with Crippen LogP contribution in [-0.4, -0.2) is 42.5 Å². The summed E-state index contributed by atoms with van der Waals surface area (Å²) in [7, 11) is 2.04. The Morgan fingerprint density at radius 3 is 2.19 bits per heavy atom. The number of nitrogens with zero attached hydrogens (tertiary/aromatic N) is 3. The molecule has 118 valence electrons. The van der Waals surface area contributed by atoms with Gasteiger partial charge in [0.1, 0.15) is 5.82 Å². The van der Waals surface area contributed by atoms with Crippen LogP contribution in [0.2, 0.25) is 0 Å². The summed E-state index contributed by atoms with van der Waals surface area (Å²) in [4.78, 5) is 20.9. The van der Waals surface area contributed by atoms with Crippen LogP contribution >= 0.6 is 0 Å². The summed E-state index contributed by atoms with van der Waals surface area (Å²) in [5.41, 5.74) is 0.685. The van der Waals surface area contributed by atoms with E-state index in [-0.39, 0.29) is 5.91 Å². The zero-order chi connectivity index (χ0) is 15.7. The molecule has 0 N–H and O–H groups in total. The highest BCUT2D eigenvalue weighted by Gasteiger charge is 2.14. The lowest BCUT2D eigenvalue weighted by Crippen LogP contribution is -2.32. The zero-order valence-corrected chi connectivity index (χ0v) is 13.9. The lowest BCUT2D eigenvalue weighted by Gasteiger charge is -2.22. The molecule has 0 aliphatic heterocycles. The minimum atomic E-state index is 0.0916. The lowest BCUT2D eigenvalue weighted by molar-refractivity contribution is 0.0755. The summed E-state index contributed by atoms with van der Waals surface area (Å²) in [6, 6.07) is 3.84. The van der Waals surface area contributed by atoms with Crippen molar-refractivity contribution in [1.82, 2.24) is 9.88 Å². The van der Waals surface area contributed by atoms with Gasteiger partial charge in [-0.25, -0.2) is 4.98 Å². The Labute approximate surface area is 129 Å². The summed E-state index contributed by atoms with van der Waals surface area (Å²) in [5, 5.41) is 0. The van der Waals surface area contributed by atoms with Gasteiger partial charge in [-0.1, -0.05) is 27.2 Å². The molecule has 0 aliphatic rings. The second kappa shape index (κ2) is 9.37. The van der Waals surface area contributed by atoms with Crippen LogP contribution in [0.15, 0.2) is 18.3 Å². The molecule has 0 fully saturated rings. The quantitative estimate of drug-likeness (QED) is 0.698. The third kappa shape index (κ3) is 5.37. The topological polar surface area (TPSA) is 36.4 Å². The van der Waals surface area contributed by atoms with Gasteiger partial charge in [-0.15, -0.1) is 0 Å². The lowest BCUT2D eigenvalue weighted by atomic mass is 10.2. The molecule has 1 heterocycles. The van der Waals surface area contributed by atoms with Crippen LogP contribution in [0, 0.1) is 0 Å². The van der Waals surface area contributed by atoms with E-state index >= 15 is 0 Å². The monoisotopic (exact) mass is 291 g/mol. The van der Waals surface area contributed by atoms with Gasteiger partial charge in [0.2, 0.25) is 0 Å². The van der Waals surface area contributed by atoms with E-state index < -0.39 is 0 Å². The average Bonchev–Trinajstić information content (AvgIpc) is 2.52. The van der Waals surface area contributed by atoms with Crippen LogP contribution in [0.25, 0.3) is 0 Å². The van der Waals surface area contributed by atoms with E-state index in [9.17, 15) is 4.79 Å². The van der Waals surface area contributed by atoms with Gasteiger partial charge in [0, 0.05) is 32.9 Å². The summed E-state index contributed by atoms with van der Waals surface area (Å²) >= 11 is 0. The molecular weight excluding hydrogens is 262 g/mol. The van der Waals surface area contributed by atoms with E-state index in [1.54, 1.807) is 6.20 Å². The third-order valence-electron chi connectivity index (χ3n) is 3.51. The first-order chi connectivity index (χ1) is 10.1. The van der Waals surface area contributed by atoms with Gasteiger partial charge in [-0.05, 0) is 31.4 Å². The molecule has 1 rings (SSSR count). The molecule has 0 atom stereocenters. The number of hydrogen-bond acceptors (Lipinski definition) is 3. The van der Waals surface area contributed by atoms with Gasteiger partial charge in [0.15, 0.2) is 0 Å². The fourth-order valence-corrected chi connectivity index (χ4v) is 2.29. The number of carbonyl (C=O) groups is 1. The first kappa shape index (κ1) is 17.5. The predicted octanol–water partition coefficient (Wildman–Crippen LogP) is 3.58. The number of pyridine rings is 1. The molecule has 0 saturated carbocycles. The van der Waals surface area contributed by atoms with Gasteiger partial charge >= 0.3 is 0 Å². The largest absolute Gasteiger partial charge is 0.360 e. The number of aromatic nitrogens is 1. The summed E-state index contributed by atoms with van der Waals surface area (Å²) < 4.78 is 0. The van der Waals surface area contributed by atoms with E-state index in [1.807, 2.05) is 24.1 Å². The summed E-state index contributed by atoms with van der Waals surface area (Å²) in [6.07, 6.45) is 6.00. The molecule has 4 nitrogen and oxygen atoms in total. The number of amides is 1. The fourth-order valence-electron chi connectivity index (χ4n) is 2.29. The van der Waals surface area contributed by atoms with Crippen molar-refractivity contribution in [3.05, 3.63) is 23.9 Å². The minimum Gasteiger partial charge on any atom is -0.360 e. The maximum absolute atomic E-state index is 12.5. The van der Waals surface area contributed by atoms with Crippen LogP contribution in [0.3, 0.4) is 0 Å². The zero-order valence-electron chi connectivity index (χ0n) is 13.9. The minimum absolute atomic E-state index is 0.0916. The second-order valence-corrected chi connectivity index (χ2v) is 5.47. The van der Waals surface area contributed by atoms with Gasteiger partial charge in [0.25, 0.3) is 5.91 Å². The molecule has 0 unspecified atom stereocenters. The first-order valence-electron chi connectivity index (χ1n) is 8.10. The van der Waals surface area contributed by atoms with Crippen LogP contribution in [0.4, 0.5) is 5.82 Å². The molecule has 0 spiro atoms. The number of anilines is 1. The van der Waals surface area contributed by atoms with Crippen LogP contribution in [0.5, 0.6) is 0 Å². The van der Waals surface area contributed by atoms with Gasteiger partial charge in [0.05, 0.1) is 5.56 Å². The van der Waals surface area contributed by atoms with Crippen molar-refractivity contribution >= 4 is 11.7 Å². The van der Waals surface area contributed by atoms with Crippen molar-refractivity contribution in [2.45, 2.75) is 46.5 Å². The van der Waals surface area contributed by atoms with E-state index in [4.69, 9.17) is 0 Å². The molecule has 1 aromatic rings. The van der Waals surface area contributed by atoms with Crippen LogP contribution in [0.1, 0.15) is 56.8 Å².